The Kier molecular flexibility index (Phi) is 4.29. The zero-order valence-electron chi connectivity index (χ0n) is 11.4. The molecule has 0 aromatic heterocycles. The number of nitro benzene ring substituents is 1. The Bertz CT molecular complexity index is 656. The molecule has 0 heterocycles. The highest BCUT2D eigenvalue weighted by molar-refractivity contribution is 7.98. The lowest BCUT2D eigenvalue weighted by Crippen LogP contribution is -1.96. The number of para-hydroxylation sites is 1. The molecular weight excluding hydrogens is 272 g/mol. The number of nitrogens with zero attached hydrogens (tertiary/aromatic N) is 1. The van der Waals surface area contributed by atoms with Gasteiger partial charge in [0.1, 0.15) is 0 Å². The normalized spacial score (nSPS) is 10.5. The second kappa shape index (κ2) is 5.96. The van der Waals surface area contributed by atoms with E-state index in [-0.39, 0.29) is 10.6 Å². The van der Waals surface area contributed by atoms with Gasteiger partial charge in [-0.05, 0) is 31.0 Å². The molecule has 0 aliphatic heterocycles. The topological polar surface area (TPSA) is 69.2 Å². The maximum absolute atomic E-state index is 10.9. The summed E-state index contributed by atoms with van der Waals surface area (Å²) in [6.07, 6.45) is 0. The van der Waals surface area contributed by atoms with Crippen molar-refractivity contribution in [2.24, 2.45) is 0 Å². The highest BCUT2D eigenvalue weighted by Crippen LogP contribution is 2.32. The number of hydrogen-bond acceptors (Lipinski definition) is 4. The molecule has 0 saturated heterocycles. The van der Waals surface area contributed by atoms with E-state index >= 15 is 0 Å². The Morgan fingerprint density at radius 1 is 1.20 bits per heavy atom. The minimum absolute atomic E-state index is 0.167. The molecule has 2 rings (SSSR count). The third-order valence-electron chi connectivity index (χ3n) is 3.28. The molecule has 0 radical (unpaired) electrons. The summed E-state index contributed by atoms with van der Waals surface area (Å²) in [4.78, 5) is 11.6. The lowest BCUT2D eigenvalue weighted by atomic mass is 10.1. The maximum atomic E-state index is 10.9. The fourth-order valence-corrected chi connectivity index (χ4v) is 3.07. The first-order valence-electron chi connectivity index (χ1n) is 6.21. The van der Waals surface area contributed by atoms with Crippen LogP contribution < -0.4 is 5.73 Å². The number of benzene rings is 2. The number of hydrogen-bond donors (Lipinski definition) is 1. The highest BCUT2D eigenvalue weighted by atomic mass is 32.2. The Morgan fingerprint density at radius 2 is 1.90 bits per heavy atom. The van der Waals surface area contributed by atoms with Crippen LogP contribution in [-0.4, -0.2) is 4.92 Å². The van der Waals surface area contributed by atoms with E-state index in [9.17, 15) is 10.1 Å². The van der Waals surface area contributed by atoms with Crippen LogP contribution in [0.4, 0.5) is 11.4 Å². The molecule has 0 bridgehead atoms. The van der Waals surface area contributed by atoms with E-state index in [4.69, 9.17) is 5.73 Å². The molecule has 0 atom stereocenters. The van der Waals surface area contributed by atoms with Crippen LogP contribution in [0.1, 0.15) is 16.7 Å². The second-order valence-electron chi connectivity index (χ2n) is 4.59. The van der Waals surface area contributed by atoms with Gasteiger partial charge in [-0.15, -0.1) is 11.8 Å². The zero-order chi connectivity index (χ0) is 14.7. The summed E-state index contributed by atoms with van der Waals surface area (Å²) in [6.45, 7) is 3.76. The molecule has 2 N–H and O–H groups in total. The number of nitrogen functional groups attached to an aromatic ring is 1. The first-order chi connectivity index (χ1) is 9.50. The summed E-state index contributed by atoms with van der Waals surface area (Å²) >= 11 is 1.60. The fourth-order valence-electron chi connectivity index (χ4n) is 1.96. The zero-order valence-corrected chi connectivity index (χ0v) is 12.2. The van der Waals surface area contributed by atoms with Crippen molar-refractivity contribution in [3.05, 3.63) is 63.2 Å². The Hall–Kier alpha value is -2.01. The van der Waals surface area contributed by atoms with Gasteiger partial charge in [-0.1, -0.05) is 24.3 Å². The van der Waals surface area contributed by atoms with Crippen molar-refractivity contribution in [2.45, 2.75) is 24.5 Å². The molecule has 4 nitrogen and oxygen atoms in total. The van der Waals surface area contributed by atoms with Crippen molar-refractivity contribution in [2.75, 3.05) is 5.73 Å². The van der Waals surface area contributed by atoms with Crippen LogP contribution in [-0.2, 0) is 5.75 Å². The van der Waals surface area contributed by atoms with Crippen molar-refractivity contribution in [3.63, 3.8) is 0 Å². The van der Waals surface area contributed by atoms with Crippen LogP contribution >= 0.6 is 11.8 Å². The van der Waals surface area contributed by atoms with Gasteiger partial charge < -0.3 is 5.73 Å². The SMILES string of the molecule is Cc1cccc(SCc2cccc([N+](=O)[O-])c2C)c1N. The van der Waals surface area contributed by atoms with Gasteiger partial charge >= 0.3 is 0 Å². The smallest absolute Gasteiger partial charge is 0.272 e. The summed E-state index contributed by atoms with van der Waals surface area (Å²) in [5, 5.41) is 10.9. The minimum atomic E-state index is -0.343. The molecule has 5 heteroatoms. The number of nitrogens with two attached hydrogens (primary N) is 1. The number of anilines is 1. The molecule has 0 saturated carbocycles. The summed E-state index contributed by atoms with van der Waals surface area (Å²) in [7, 11) is 0. The molecule has 0 amide bonds. The Morgan fingerprint density at radius 3 is 2.60 bits per heavy atom. The van der Waals surface area contributed by atoms with Gasteiger partial charge in [-0.2, -0.15) is 0 Å². The van der Waals surface area contributed by atoms with E-state index < -0.39 is 0 Å². The maximum Gasteiger partial charge on any atom is 0.272 e. The first-order valence-corrected chi connectivity index (χ1v) is 7.20. The predicted octanol–water partition coefficient (Wildman–Crippen LogP) is 4.09. The van der Waals surface area contributed by atoms with Crippen molar-refractivity contribution >= 4 is 23.1 Å². The third kappa shape index (κ3) is 2.93. The van der Waals surface area contributed by atoms with Gasteiger partial charge in [-0.3, -0.25) is 10.1 Å². The van der Waals surface area contributed by atoms with Crippen LogP contribution in [0.2, 0.25) is 0 Å². The van der Waals surface area contributed by atoms with Gasteiger partial charge in [0.25, 0.3) is 5.69 Å². The van der Waals surface area contributed by atoms with Crippen molar-refractivity contribution in [1.82, 2.24) is 0 Å². The monoisotopic (exact) mass is 288 g/mol. The summed E-state index contributed by atoms with van der Waals surface area (Å²) in [5.41, 5.74) is 9.71. The minimum Gasteiger partial charge on any atom is -0.398 e. The fraction of sp³-hybridized carbons (Fsp3) is 0.200. The molecule has 0 spiro atoms. The average Bonchev–Trinajstić information content (AvgIpc) is 2.41. The van der Waals surface area contributed by atoms with E-state index in [1.54, 1.807) is 24.8 Å². The summed E-state index contributed by atoms with van der Waals surface area (Å²) < 4.78 is 0. The highest BCUT2D eigenvalue weighted by Gasteiger charge is 2.13. The van der Waals surface area contributed by atoms with Gasteiger partial charge in [0, 0.05) is 28.0 Å². The molecule has 20 heavy (non-hydrogen) atoms. The van der Waals surface area contributed by atoms with E-state index in [2.05, 4.69) is 0 Å². The standard InChI is InChI=1S/C15H16N2O2S/c1-10-5-3-8-14(15(10)16)20-9-12-6-4-7-13(11(12)2)17(18)19/h3-8H,9,16H2,1-2H3. The number of nitro groups is 1. The number of rotatable bonds is 4. The van der Waals surface area contributed by atoms with Crippen molar-refractivity contribution < 1.29 is 4.92 Å². The number of aryl methyl sites for hydroxylation is 1. The summed E-state index contributed by atoms with van der Waals surface area (Å²) in [6, 6.07) is 11.1. The molecule has 0 unspecified atom stereocenters. The van der Waals surface area contributed by atoms with Gasteiger partial charge in [0.15, 0.2) is 0 Å². The largest absolute Gasteiger partial charge is 0.398 e. The lowest BCUT2D eigenvalue weighted by molar-refractivity contribution is -0.385. The van der Waals surface area contributed by atoms with Crippen LogP contribution in [0.15, 0.2) is 41.3 Å². The van der Waals surface area contributed by atoms with Crippen LogP contribution in [0.5, 0.6) is 0 Å². The van der Waals surface area contributed by atoms with Crippen molar-refractivity contribution in [3.8, 4) is 0 Å². The van der Waals surface area contributed by atoms with Crippen molar-refractivity contribution in [1.29, 1.82) is 0 Å². The van der Waals surface area contributed by atoms with E-state index in [0.717, 1.165) is 27.3 Å². The van der Waals surface area contributed by atoms with Crippen LogP contribution in [0.3, 0.4) is 0 Å². The lowest BCUT2D eigenvalue weighted by Gasteiger charge is -2.09. The Labute approximate surface area is 122 Å². The average molecular weight is 288 g/mol. The molecule has 0 aliphatic carbocycles. The van der Waals surface area contributed by atoms with Crippen LogP contribution in [0.25, 0.3) is 0 Å². The first kappa shape index (κ1) is 14.4. The second-order valence-corrected chi connectivity index (χ2v) is 5.61. The molecule has 2 aromatic carbocycles. The summed E-state index contributed by atoms with van der Waals surface area (Å²) in [5.74, 6) is 0.668. The predicted molar refractivity (Wildman–Crippen MR) is 83.0 cm³/mol. The number of thioether (sulfide) groups is 1. The molecule has 2 aromatic rings. The quantitative estimate of drug-likeness (QED) is 0.398. The van der Waals surface area contributed by atoms with Gasteiger partial charge in [0.05, 0.1) is 4.92 Å². The van der Waals surface area contributed by atoms with E-state index in [1.807, 2.05) is 31.2 Å². The van der Waals surface area contributed by atoms with E-state index in [1.165, 1.54) is 6.07 Å². The van der Waals surface area contributed by atoms with E-state index in [0.29, 0.717) is 5.75 Å². The van der Waals surface area contributed by atoms with Gasteiger partial charge in [-0.25, -0.2) is 0 Å². The Balaban J connectivity index is 2.21. The van der Waals surface area contributed by atoms with Gasteiger partial charge in [0.2, 0.25) is 0 Å². The molecule has 0 aliphatic rings. The third-order valence-corrected chi connectivity index (χ3v) is 4.40. The van der Waals surface area contributed by atoms with Crippen LogP contribution in [0, 0.1) is 24.0 Å². The molecule has 0 fully saturated rings. The molecular formula is C15H16N2O2S. The molecule has 104 valence electrons.